The van der Waals surface area contributed by atoms with E-state index in [4.69, 9.17) is 0 Å². The number of carbonyl (C=O) groups is 2. The standard InChI is InChI=1S/C14H19N3O2/c1-2-17-10-12(8-14(17)19)16-13(18)6-5-11-4-3-7-15-9-11/h3-4,7,9,12H,2,5-6,8,10H2,1H3,(H,16,18)/t12-/m0/s1. The van der Waals surface area contributed by atoms with Gasteiger partial charge in [-0.05, 0) is 25.0 Å². The average Bonchev–Trinajstić information content (AvgIpc) is 2.77. The molecule has 19 heavy (non-hydrogen) atoms. The van der Waals surface area contributed by atoms with Crippen LogP contribution in [-0.2, 0) is 16.0 Å². The minimum atomic E-state index is -0.0335. The molecule has 0 bridgehead atoms. The molecule has 0 aliphatic carbocycles. The van der Waals surface area contributed by atoms with Crippen molar-refractivity contribution in [1.29, 1.82) is 0 Å². The SMILES string of the molecule is CCN1C[C@@H](NC(=O)CCc2cccnc2)CC1=O. The van der Waals surface area contributed by atoms with Gasteiger partial charge in [-0.1, -0.05) is 6.07 Å². The van der Waals surface area contributed by atoms with Crippen molar-refractivity contribution in [3.63, 3.8) is 0 Å². The summed E-state index contributed by atoms with van der Waals surface area (Å²) >= 11 is 0. The zero-order valence-corrected chi connectivity index (χ0v) is 11.1. The second-order valence-electron chi connectivity index (χ2n) is 4.76. The first-order chi connectivity index (χ1) is 9.19. The van der Waals surface area contributed by atoms with Crippen LogP contribution < -0.4 is 5.32 Å². The molecule has 1 fully saturated rings. The van der Waals surface area contributed by atoms with Crippen LogP contribution in [0.2, 0.25) is 0 Å². The van der Waals surface area contributed by atoms with Gasteiger partial charge in [-0.2, -0.15) is 0 Å². The second kappa shape index (κ2) is 6.31. The highest BCUT2D eigenvalue weighted by molar-refractivity contribution is 5.82. The molecule has 1 aromatic heterocycles. The predicted molar refractivity (Wildman–Crippen MR) is 71.4 cm³/mol. The van der Waals surface area contributed by atoms with Crippen LogP contribution in [0.1, 0.15) is 25.3 Å². The molecule has 1 atom stereocenters. The Bertz CT molecular complexity index is 447. The molecule has 2 heterocycles. The molecule has 0 aromatic carbocycles. The van der Waals surface area contributed by atoms with E-state index in [1.807, 2.05) is 19.1 Å². The molecule has 2 amide bonds. The van der Waals surface area contributed by atoms with E-state index in [0.717, 1.165) is 5.56 Å². The van der Waals surface area contributed by atoms with E-state index in [9.17, 15) is 9.59 Å². The van der Waals surface area contributed by atoms with E-state index in [0.29, 0.717) is 32.4 Å². The van der Waals surface area contributed by atoms with E-state index in [1.165, 1.54) is 0 Å². The van der Waals surface area contributed by atoms with E-state index >= 15 is 0 Å². The highest BCUT2D eigenvalue weighted by Crippen LogP contribution is 2.10. The van der Waals surface area contributed by atoms with Gasteiger partial charge < -0.3 is 10.2 Å². The molecule has 1 saturated heterocycles. The van der Waals surface area contributed by atoms with Crippen LogP contribution in [-0.4, -0.2) is 40.8 Å². The lowest BCUT2D eigenvalue weighted by molar-refractivity contribution is -0.127. The van der Waals surface area contributed by atoms with Gasteiger partial charge in [0.1, 0.15) is 0 Å². The Morgan fingerprint density at radius 2 is 2.42 bits per heavy atom. The highest BCUT2D eigenvalue weighted by atomic mass is 16.2. The summed E-state index contributed by atoms with van der Waals surface area (Å²) in [5.74, 6) is 0.125. The lowest BCUT2D eigenvalue weighted by Gasteiger charge is -2.14. The minimum absolute atomic E-state index is 0.000365. The van der Waals surface area contributed by atoms with Crippen molar-refractivity contribution in [3.8, 4) is 0 Å². The number of aromatic nitrogens is 1. The van der Waals surface area contributed by atoms with E-state index in [-0.39, 0.29) is 17.9 Å². The monoisotopic (exact) mass is 261 g/mol. The van der Waals surface area contributed by atoms with Crippen molar-refractivity contribution in [1.82, 2.24) is 15.2 Å². The molecule has 5 nitrogen and oxygen atoms in total. The Kier molecular flexibility index (Phi) is 4.49. The lowest BCUT2D eigenvalue weighted by atomic mass is 10.1. The Morgan fingerprint density at radius 3 is 3.05 bits per heavy atom. The number of pyridine rings is 1. The van der Waals surface area contributed by atoms with Gasteiger partial charge in [0.25, 0.3) is 0 Å². The second-order valence-corrected chi connectivity index (χ2v) is 4.76. The molecule has 2 rings (SSSR count). The van der Waals surface area contributed by atoms with Gasteiger partial charge in [-0.25, -0.2) is 0 Å². The van der Waals surface area contributed by atoms with Crippen LogP contribution in [0.3, 0.4) is 0 Å². The van der Waals surface area contributed by atoms with Crippen LogP contribution in [0.25, 0.3) is 0 Å². The number of hydrogen-bond donors (Lipinski definition) is 1. The highest BCUT2D eigenvalue weighted by Gasteiger charge is 2.29. The van der Waals surface area contributed by atoms with Crippen LogP contribution >= 0.6 is 0 Å². The quantitative estimate of drug-likeness (QED) is 0.851. The van der Waals surface area contributed by atoms with Gasteiger partial charge in [0.05, 0.1) is 6.04 Å². The van der Waals surface area contributed by atoms with Crippen molar-refractivity contribution in [3.05, 3.63) is 30.1 Å². The van der Waals surface area contributed by atoms with Crippen LogP contribution in [0, 0.1) is 0 Å². The van der Waals surface area contributed by atoms with Gasteiger partial charge in [0.2, 0.25) is 11.8 Å². The van der Waals surface area contributed by atoms with Crippen LogP contribution in [0.5, 0.6) is 0 Å². The largest absolute Gasteiger partial charge is 0.351 e. The Hall–Kier alpha value is -1.91. The molecule has 0 saturated carbocycles. The molecule has 1 N–H and O–H groups in total. The summed E-state index contributed by atoms with van der Waals surface area (Å²) in [5, 5.41) is 2.92. The number of hydrogen-bond acceptors (Lipinski definition) is 3. The molecule has 5 heteroatoms. The summed E-state index contributed by atoms with van der Waals surface area (Å²) < 4.78 is 0. The lowest BCUT2D eigenvalue weighted by Crippen LogP contribution is -2.37. The fourth-order valence-electron chi connectivity index (χ4n) is 2.28. The molecule has 0 unspecified atom stereocenters. The van der Waals surface area contributed by atoms with Gasteiger partial charge in [0.15, 0.2) is 0 Å². The molecule has 1 aliphatic heterocycles. The van der Waals surface area contributed by atoms with Crippen LogP contribution in [0.4, 0.5) is 0 Å². The predicted octanol–water partition coefficient (Wildman–Crippen LogP) is 0.751. The van der Waals surface area contributed by atoms with Gasteiger partial charge in [-0.3, -0.25) is 14.6 Å². The number of amides is 2. The first-order valence-electron chi connectivity index (χ1n) is 6.65. The molecule has 1 aromatic rings. The van der Waals surface area contributed by atoms with Crippen molar-refractivity contribution >= 4 is 11.8 Å². The normalized spacial score (nSPS) is 18.7. The summed E-state index contributed by atoms with van der Waals surface area (Å²) in [6, 6.07) is 3.79. The Labute approximate surface area is 113 Å². The van der Waals surface area contributed by atoms with Crippen molar-refractivity contribution < 1.29 is 9.59 Å². The van der Waals surface area contributed by atoms with E-state index in [2.05, 4.69) is 10.3 Å². The summed E-state index contributed by atoms with van der Waals surface area (Å²) in [5.41, 5.74) is 1.05. The maximum Gasteiger partial charge on any atom is 0.224 e. The summed E-state index contributed by atoms with van der Waals surface area (Å²) in [7, 11) is 0. The van der Waals surface area contributed by atoms with Crippen molar-refractivity contribution in [2.24, 2.45) is 0 Å². The molecule has 0 spiro atoms. The number of nitrogens with zero attached hydrogens (tertiary/aromatic N) is 2. The first kappa shape index (κ1) is 13.5. The maximum atomic E-state index is 11.8. The van der Waals surface area contributed by atoms with Gasteiger partial charge in [-0.15, -0.1) is 0 Å². The third-order valence-corrected chi connectivity index (χ3v) is 3.32. The van der Waals surface area contributed by atoms with E-state index < -0.39 is 0 Å². The number of rotatable bonds is 5. The molecule has 1 aliphatic rings. The smallest absolute Gasteiger partial charge is 0.224 e. The number of likely N-dealkylation sites (tertiary alicyclic amines) is 1. The van der Waals surface area contributed by atoms with Crippen LogP contribution in [0.15, 0.2) is 24.5 Å². The number of nitrogens with one attached hydrogen (secondary N) is 1. The zero-order chi connectivity index (χ0) is 13.7. The fourth-order valence-corrected chi connectivity index (χ4v) is 2.28. The minimum Gasteiger partial charge on any atom is -0.351 e. The fraction of sp³-hybridized carbons (Fsp3) is 0.500. The van der Waals surface area contributed by atoms with Crippen molar-refractivity contribution in [2.45, 2.75) is 32.2 Å². The van der Waals surface area contributed by atoms with Gasteiger partial charge >= 0.3 is 0 Å². The third-order valence-electron chi connectivity index (χ3n) is 3.32. The molecular weight excluding hydrogens is 242 g/mol. The summed E-state index contributed by atoms with van der Waals surface area (Å²) in [6.07, 6.45) is 5.02. The van der Waals surface area contributed by atoms with Gasteiger partial charge in [0, 0.05) is 38.3 Å². The topological polar surface area (TPSA) is 62.3 Å². The Balaban J connectivity index is 1.75. The third kappa shape index (κ3) is 3.77. The zero-order valence-electron chi connectivity index (χ0n) is 11.1. The molecule has 0 radical (unpaired) electrons. The summed E-state index contributed by atoms with van der Waals surface area (Å²) in [6.45, 7) is 3.29. The number of carbonyl (C=O) groups excluding carboxylic acids is 2. The van der Waals surface area contributed by atoms with E-state index in [1.54, 1.807) is 17.3 Å². The molecular formula is C14H19N3O2. The Morgan fingerprint density at radius 1 is 1.58 bits per heavy atom. The van der Waals surface area contributed by atoms with Crippen molar-refractivity contribution in [2.75, 3.05) is 13.1 Å². The number of likely N-dealkylation sites (N-methyl/N-ethyl adjacent to an activating group) is 1. The summed E-state index contributed by atoms with van der Waals surface area (Å²) in [4.78, 5) is 29.1. The maximum absolute atomic E-state index is 11.8. The first-order valence-corrected chi connectivity index (χ1v) is 6.65. The number of aryl methyl sites for hydroxylation is 1. The molecule has 102 valence electrons. The average molecular weight is 261 g/mol.